The monoisotopic (exact) mass is 344 g/mol. The Kier molecular flexibility index (Phi) is 4.69. The lowest BCUT2D eigenvalue weighted by atomic mass is 9.89. The second-order valence-corrected chi connectivity index (χ2v) is 8.01. The fourth-order valence-corrected chi connectivity index (χ4v) is 3.71. The van der Waals surface area contributed by atoms with E-state index in [1.54, 1.807) is 4.68 Å². The molecule has 0 radical (unpaired) electrons. The number of likely N-dealkylation sites (tertiary alicyclic amines) is 1. The molecule has 0 saturated carbocycles. The van der Waals surface area contributed by atoms with E-state index in [0.717, 1.165) is 24.3 Å². The highest BCUT2D eigenvalue weighted by Crippen LogP contribution is 2.36. The maximum absolute atomic E-state index is 12.2. The van der Waals surface area contributed by atoms with Crippen molar-refractivity contribution in [1.82, 2.24) is 30.2 Å². The molecule has 1 fully saturated rings. The van der Waals surface area contributed by atoms with Crippen molar-refractivity contribution in [3.8, 4) is 0 Å². The summed E-state index contributed by atoms with van der Waals surface area (Å²) in [6.07, 6.45) is 6.32. The molecule has 0 unspecified atom stereocenters. The quantitative estimate of drug-likeness (QED) is 0.866. The van der Waals surface area contributed by atoms with Gasteiger partial charge in [0.15, 0.2) is 0 Å². The molecule has 7 heteroatoms. The predicted molar refractivity (Wildman–Crippen MR) is 95.8 cm³/mol. The summed E-state index contributed by atoms with van der Waals surface area (Å²) in [6, 6.07) is 0.0835. The van der Waals surface area contributed by atoms with E-state index in [1.807, 2.05) is 37.6 Å². The lowest BCUT2D eigenvalue weighted by Crippen LogP contribution is -2.29. The summed E-state index contributed by atoms with van der Waals surface area (Å²) >= 11 is 0. The van der Waals surface area contributed by atoms with Crippen molar-refractivity contribution in [3.05, 3.63) is 35.4 Å². The standard InChI is InChI=1S/C18H28N6O/c1-18(2,3)17-13(9-20-22-17)8-19-7-12-6-15(25)24(5)16(12)14-10-21-23(4)11-14/h9-12,16,19H,6-8H2,1-5H3,(H,20,22)/t12-,16+/m0/s1. The number of carbonyl (C=O) groups excluding carboxylic acids is 1. The van der Waals surface area contributed by atoms with E-state index in [2.05, 4.69) is 41.4 Å². The Morgan fingerprint density at radius 1 is 1.32 bits per heavy atom. The van der Waals surface area contributed by atoms with Gasteiger partial charge in [0, 0.05) is 68.0 Å². The van der Waals surface area contributed by atoms with Crippen LogP contribution < -0.4 is 5.32 Å². The first-order valence-corrected chi connectivity index (χ1v) is 8.75. The van der Waals surface area contributed by atoms with E-state index in [4.69, 9.17) is 0 Å². The number of hydrogen-bond donors (Lipinski definition) is 2. The molecular weight excluding hydrogens is 316 g/mol. The molecule has 1 aliphatic heterocycles. The molecule has 136 valence electrons. The number of aromatic amines is 1. The number of hydrogen-bond acceptors (Lipinski definition) is 4. The maximum Gasteiger partial charge on any atom is 0.223 e. The van der Waals surface area contributed by atoms with Crippen molar-refractivity contribution in [1.29, 1.82) is 0 Å². The van der Waals surface area contributed by atoms with Gasteiger partial charge in [-0.1, -0.05) is 20.8 Å². The Morgan fingerprint density at radius 3 is 2.72 bits per heavy atom. The summed E-state index contributed by atoms with van der Waals surface area (Å²) in [5, 5.41) is 15.1. The van der Waals surface area contributed by atoms with Gasteiger partial charge in [-0.3, -0.25) is 14.6 Å². The van der Waals surface area contributed by atoms with Crippen LogP contribution in [0.5, 0.6) is 0 Å². The van der Waals surface area contributed by atoms with Crippen molar-refractivity contribution in [2.75, 3.05) is 13.6 Å². The smallest absolute Gasteiger partial charge is 0.223 e. The third-order valence-electron chi connectivity index (χ3n) is 4.95. The first-order valence-electron chi connectivity index (χ1n) is 8.75. The Balaban J connectivity index is 1.66. The number of aromatic nitrogens is 4. The van der Waals surface area contributed by atoms with Gasteiger partial charge in [0.1, 0.15) is 0 Å². The lowest BCUT2D eigenvalue weighted by Gasteiger charge is -2.24. The molecule has 3 rings (SSSR count). The minimum absolute atomic E-state index is 0.0370. The number of nitrogens with zero attached hydrogens (tertiary/aromatic N) is 4. The van der Waals surface area contributed by atoms with Crippen LogP contribution in [-0.4, -0.2) is 44.4 Å². The van der Waals surface area contributed by atoms with Crippen LogP contribution in [0.3, 0.4) is 0 Å². The summed E-state index contributed by atoms with van der Waals surface area (Å²) in [7, 11) is 3.79. The van der Waals surface area contributed by atoms with E-state index < -0.39 is 0 Å². The van der Waals surface area contributed by atoms with Gasteiger partial charge in [-0.15, -0.1) is 0 Å². The Morgan fingerprint density at radius 2 is 2.08 bits per heavy atom. The van der Waals surface area contributed by atoms with E-state index in [1.165, 1.54) is 5.56 Å². The van der Waals surface area contributed by atoms with E-state index in [9.17, 15) is 4.79 Å². The van der Waals surface area contributed by atoms with Gasteiger partial charge in [0.05, 0.1) is 18.4 Å². The number of amides is 1. The van der Waals surface area contributed by atoms with Crippen LogP contribution in [0.25, 0.3) is 0 Å². The van der Waals surface area contributed by atoms with Crippen molar-refractivity contribution >= 4 is 5.91 Å². The average molecular weight is 344 g/mol. The topological polar surface area (TPSA) is 78.8 Å². The molecule has 0 aromatic carbocycles. The molecule has 2 aromatic heterocycles. The van der Waals surface area contributed by atoms with Crippen LogP contribution in [0.15, 0.2) is 18.6 Å². The van der Waals surface area contributed by atoms with Crippen molar-refractivity contribution in [2.24, 2.45) is 13.0 Å². The summed E-state index contributed by atoms with van der Waals surface area (Å²) in [5.41, 5.74) is 3.47. The van der Waals surface area contributed by atoms with Gasteiger partial charge >= 0.3 is 0 Å². The summed E-state index contributed by atoms with van der Waals surface area (Å²) in [6.45, 7) is 8.05. The molecule has 2 N–H and O–H groups in total. The zero-order valence-electron chi connectivity index (χ0n) is 15.7. The molecule has 0 bridgehead atoms. The zero-order valence-corrected chi connectivity index (χ0v) is 15.7. The summed E-state index contributed by atoms with van der Waals surface area (Å²) in [5.74, 6) is 0.436. The van der Waals surface area contributed by atoms with Crippen molar-refractivity contribution in [2.45, 2.75) is 45.2 Å². The first-order chi connectivity index (χ1) is 11.8. The second kappa shape index (κ2) is 6.63. The van der Waals surface area contributed by atoms with Crippen LogP contribution >= 0.6 is 0 Å². The highest BCUT2D eigenvalue weighted by Gasteiger charge is 2.38. The second-order valence-electron chi connectivity index (χ2n) is 8.01. The summed E-state index contributed by atoms with van der Waals surface area (Å²) < 4.78 is 1.79. The molecular formula is C18H28N6O. The summed E-state index contributed by atoms with van der Waals surface area (Å²) in [4.78, 5) is 14.1. The molecule has 0 spiro atoms. The average Bonchev–Trinajstić information content (AvgIpc) is 3.20. The lowest BCUT2D eigenvalue weighted by molar-refractivity contribution is -0.127. The van der Waals surface area contributed by atoms with Gasteiger partial charge in [0.2, 0.25) is 5.91 Å². The van der Waals surface area contributed by atoms with Crippen LogP contribution in [0.4, 0.5) is 0 Å². The van der Waals surface area contributed by atoms with Gasteiger partial charge in [-0.2, -0.15) is 10.2 Å². The number of carbonyl (C=O) groups is 1. The van der Waals surface area contributed by atoms with Crippen molar-refractivity contribution < 1.29 is 4.79 Å². The Hall–Kier alpha value is -2.15. The van der Waals surface area contributed by atoms with E-state index in [0.29, 0.717) is 6.42 Å². The van der Waals surface area contributed by atoms with Gasteiger partial charge < -0.3 is 10.2 Å². The molecule has 7 nitrogen and oxygen atoms in total. The number of rotatable bonds is 5. The highest BCUT2D eigenvalue weighted by molar-refractivity contribution is 5.79. The number of H-pyrrole nitrogens is 1. The van der Waals surface area contributed by atoms with E-state index >= 15 is 0 Å². The van der Waals surface area contributed by atoms with Gasteiger partial charge in [-0.05, 0) is 0 Å². The molecule has 2 atom stereocenters. The Labute approximate surface area is 148 Å². The van der Waals surface area contributed by atoms with Gasteiger partial charge in [0.25, 0.3) is 0 Å². The third kappa shape index (κ3) is 3.61. The molecule has 2 aromatic rings. The fourth-order valence-electron chi connectivity index (χ4n) is 3.71. The Bertz CT molecular complexity index is 741. The molecule has 1 saturated heterocycles. The fraction of sp³-hybridized carbons (Fsp3) is 0.611. The van der Waals surface area contributed by atoms with Gasteiger partial charge in [-0.25, -0.2) is 0 Å². The largest absolute Gasteiger partial charge is 0.338 e. The van der Waals surface area contributed by atoms with Crippen LogP contribution in [-0.2, 0) is 23.8 Å². The first kappa shape index (κ1) is 17.7. The zero-order chi connectivity index (χ0) is 18.2. The van der Waals surface area contributed by atoms with Crippen molar-refractivity contribution in [3.63, 3.8) is 0 Å². The molecule has 1 amide bonds. The highest BCUT2D eigenvalue weighted by atomic mass is 16.2. The van der Waals surface area contributed by atoms with Crippen LogP contribution in [0.2, 0.25) is 0 Å². The maximum atomic E-state index is 12.2. The predicted octanol–water partition coefficient (Wildman–Crippen LogP) is 1.75. The van der Waals surface area contributed by atoms with E-state index in [-0.39, 0.29) is 23.3 Å². The number of aryl methyl sites for hydroxylation is 1. The molecule has 0 aliphatic carbocycles. The third-order valence-corrected chi connectivity index (χ3v) is 4.95. The minimum Gasteiger partial charge on any atom is -0.338 e. The normalized spacial score (nSPS) is 21.3. The minimum atomic E-state index is 0.0370. The molecule has 1 aliphatic rings. The molecule has 25 heavy (non-hydrogen) atoms. The van der Waals surface area contributed by atoms with Crippen LogP contribution in [0.1, 0.15) is 50.1 Å². The van der Waals surface area contributed by atoms with Crippen LogP contribution in [0, 0.1) is 5.92 Å². The number of nitrogens with one attached hydrogen (secondary N) is 2. The SMILES string of the molecule is CN1C(=O)C[C@@H](CNCc2cn[nH]c2C(C)(C)C)[C@@H]1c1cnn(C)c1. The molecule has 3 heterocycles.